The Hall–Kier alpha value is -0.0800. The van der Waals surface area contributed by atoms with Gasteiger partial charge in [0.25, 0.3) is 0 Å². The number of rotatable bonds is 0. The van der Waals surface area contributed by atoms with Crippen LogP contribution in [0.15, 0.2) is 0 Å². The van der Waals surface area contributed by atoms with Crippen molar-refractivity contribution >= 4 is 0 Å². The van der Waals surface area contributed by atoms with Crippen molar-refractivity contribution in [2.45, 2.75) is 31.7 Å². The van der Waals surface area contributed by atoms with Gasteiger partial charge in [-0.15, -0.1) is 0 Å². The zero-order valence-electron chi connectivity index (χ0n) is 8.00. The zero-order valence-corrected chi connectivity index (χ0v) is 8.00. The van der Waals surface area contributed by atoms with Crippen molar-refractivity contribution in [3.8, 4) is 0 Å². The molecule has 0 unspecified atom stereocenters. The number of nitrogens with zero attached hydrogens (tertiary/aromatic N) is 1. The van der Waals surface area contributed by atoms with Crippen LogP contribution in [0.4, 0.5) is 0 Å². The van der Waals surface area contributed by atoms with E-state index in [-0.39, 0.29) is 0 Å². The predicted molar refractivity (Wildman–Crippen MR) is 50.9 cm³/mol. The molecule has 1 heterocycles. The summed E-state index contributed by atoms with van der Waals surface area (Å²) in [7, 11) is 2.24. The summed E-state index contributed by atoms with van der Waals surface area (Å²) in [5, 5.41) is 0. The minimum Gasteiger partial charge on any atom is -0.328 e. The summed E-state index contributed by atoms with van der Waals surface area (Å²) in [5.74, 6) is 1.91. The maximum Gasteiger partial charge on any atom is 0.00416 e. The summed E-state index contributed by atoms with van der Waals surface area (Å²) in [4.78, 5) is 2.47. The molecule has 2 fully saturated rings. The number of hydrogen-bond donors (Lipinski definition) is 1. The first-order valence-corrected chi connectivity index (χ1v) is 5.20. The highest BCUT2D eigenvalue weighted by Gasteiger charge is 2.32. The van der Waals surface area contributed by atoms with Gasteiger partial charge in [-0.2, -0.15) is 0 Å². The van der Waals surface area contributed by atoms with Gasteiger partial charge >= 0.3 is 0 Å². The van der Waals surface area contributed by atoms with Crippen molar-refractivity contribution in [1.82, 2.24) is 4.90 Å². The Morgan fingerprint density at radius 1 is 1.17 bits per heavy atom. The van der Waals surface area contributed by atoms with Crippen LogP contribution in [0, 0.1) is 11.8 Å². The van der Waals surface area contributed by atoms with E-state index in [9.17, 15) is 0 Å². The Morgan fingerprint density at radius 2 is 2.00 bits per heavy atom. The van der Waals surface area contributed by atoms with Crippen LogP contribution >= 0.6 is 0 Å². The van der Waals surface area contributed by atoms with Gasteiger partial charge in [-0.25, -0.2) is 0 Å². The minimum atomic E-state index is 0.509. The number of hydrogen-bond acceptors (Lipinski definition) is 2. The first-order valence-electron chi connectivity index (χ1n) is 5.20. The number of piperidine rings is 1. The van der Waals surface area contributed by atoms with Gasteiger partial charge in [-0.3, -0.25) is 0 Å². The molecular weight excluding hydrogens is 148 g/mol. The number of fused-ring (bicyclic) bond motifs is 1. The van der Waals surface area contributed by atoms with Crippen LogP contribution in [0.3, 0.4) is 0 Å². The maximum atomic E-state index is 5.96. The van der Waals surface area contributed by atoms with E-state index in [1.54, 1.807) is 0 Å². The molecule has 3 atom stereocenters. The molecule has 12 heavy (non-hydrogen) atoms. The van der Waals surface area contributed by atoms with Gasteiger partial charge in [0.05, 0.1) is 0 Å². The van der Waals surface area contributed by atoms with E-state index in [0.29, 0.717) is 6.04 Å². The van der Waals surface area contributed by atoms with Crippen molar-refractivity contribution in [2.24, 2.45) is 17.6 Å². The van der Waals surface area contributed by atoms with E-state index in [0.717, 1.165) is 11.8 Å². The van der Waals surface area contributed by atoms with Gasteiger partial charge < -0.3 is 10.6 Å². The second kappa shape index (κ2) is 3.35. The quantitative estimate of drug-likeness (QED) is 0.586. The number of likely N-dealkylation sites (tertiary alicyclic amines) is 1. The van der Waals surface area contributed by atoms with Gasteiger partial charge in [0, 0.05) is 12.6 Å². The maximum absolute atomic E-state index is 5.96. The standard InChI is InChI=1S/C10H20N2/c1-12-5-4-8-6-10(11)3-2-9(8)7-12/h8-10H,2-7,11H2,1H3/t8-,9-,10+/m0/s1. The molecular formula is C10H20N2. The molecule has 2 aliphatic rings. The second-order valence-corrected chi connectivity index (χ2v) is 4.64. The highest BCUT2D eigenvalue weighted by Crippen LogP contribution is 2.34. The lowest BCUT2D eigenvalue weighted by Crippen LogP contribution is -2.43. The van der Waals surface area contributed by atoms with E-state index in [2.05, 4.69) is 11.9 Å². The highest BCUT2D eigenvalue weighted by atomic mass is 15.1. The van der Waals surface area contributed by atoms with E-state index in [1.165, 1.54) is 38.8 Å². The van der Waals surface area contributed by atoms with Gasteiger partial charge in [-0.05, 0) is 51.1 Å². The molecule has 0 aromatic rings. The molecule has 2 heteroatoms. The molecule has 0 bridgehead atoms. The smallest absolute Gasteiger partial charge is 0.00416 e. The molecule has 0 aromatic heterocycles. The molecule has 0 amide bonds. The fourth-order valence-electron chi connectivity index (χ4n) is 2.83. The van der Waals surface area contributed by atoms with E-state index < -0.39 is 0 Å². The van der Waals surface area contributed by atoms with Crippen LogP contribution in [0.2, 0.25) is 0 Å². The van der Waals surface area contributed by atoms with Crippen LogP contribution in [0.1, 0.15) is 25.7 Å². The van der Waals surface area contributed by atoms with Crippen LogP contribution < -0.4 is 5.73 Å². The lowest BCUT2D eigenvalue weighted by molar-refractivity contribution is 0.0968. The van der Waals surface area contributed by atoms with E-state index in [1.807, 2.05) is 0 Å². The molecule has 1 saturated carbocycles. The molecule has 70 valence electrons. The molecule has 0 aromatic carbocycles. The third-order valence-corrected chi connectivity index (χ3v) is 3.61. The Morgan fingerprint density at radius 3 is 2.83 bits per heavy atom. The van der Waals surface area contributed by atoms with Gasteiger partial charge in [0.15, 0.2) is 0 Å². The largest absolute Gasteiger partial charge is 0.328 e. The average molecular weight is 168 g/mol. The van der Waals surface area contributed by atoms with Crippen LogP contribution in [0.5, 0.6) is 0 Å². The summed E-state index contributed by atoms with van der Waals surface area (Å²) < 4.78 is 0. The molecule has 0 spiro atoms. The Bertz CT molecular complexity index is 140. The zero-order chi connectivity index (χ0) is 8.55. The van der Waals surface area contributed by atoms with Crippen molar-refractivity contribution in [2.75, 3.05) is 20.1 Å². The van der Waals surface area contributed by atoms with Gasteiger partial charge in [-0.1, -0.05) is 0 Å². The fraction of sp³-hybridized carbons (Fsp3) is 1.00. The van der Waals surface area contributed by atoms with Crippen molar-refractivity contribution < 1.29 is 0 Å². The Kier molecular flexibility index (Phi) is 2.37. The van der Waals surface area contributed by atoms with Gasteiger partial charge in [0.1, 0.15) is 0 Å². The SMILES string of the molecule is CN1CC[C@H]2C[C@H](N)CC[C@H]2C1. The lowest BCUT2D eigenvalue weighted by Gasteiger charge is -2.41. The summed E-state index contributed by atoms with van der Waals surface area (Å²) in [5.41, 5.74) is 5.96. The third-order valence-electron chi connectivity index (χ3n) is 3.61. The molecule has 0 radical (unpaired) electrons. The van der Waals surface area contributed by atoms with Crippen LogP contribution in [-0.2, 0) is 0 Å². The molecule has 1 saturated heterocycles. The molecule has 2 N–H and O–H groups in total. The Labute approximate surface area is 75.1 Å². The van der Waals surface area contributed by atoms with Crippen molar-refractivity contribution in [1.29, 1.82) is 0 Å². The Balaban J connectivity index is 1.94. The van der Waals surface area contributed by atoms with Gasteiger partial charge in [0.2, 0.25) is 0 Å². The summed E-state index contributed by atoms with van der Waals surface area (Å²) in [6.07, 6.45) is 5.30. The number of nitrogens with two attached hydrogens (primary N) is 1. The van der Waals surface area contributed by atoms with E-state index in [4.69, 9.17) is 5.73 Å². The minimum absolute atomic E-state index is 0.509. The average Bonchev–Trinajstić information content (AvgIpc) is 2.05. The second-order valence-electron chi connectivity index (χ2n) is 4.64. The third kappa shape index (κ3) is 1.64. The first-order chi connectivity index (χ1) is 5.75. The van der Waals surface area contributed by atoms with E-state index >= 15 is 0 Å². The summed E-state index contributed by atoms with van der Waals surface area (Å²) in [6, 6.07) is 0.509. The monoisotopic (exact) mass is 168 g/mol. The lowest BCUT2D eigenvalue weighted by atomic mass is 9.73. The molecule has 1 aliphatic heterocycles. The van der Waals surface area contributed by atoms with Crippen molar-refractivity contribution in [3.63, 3.8) is 0 Å². The topological polar surface area (TPSA) is 29.3 Å². The van der Waals surface area contributed by atoms with Crippen LogP contribution in [0.25, 0.3) is 0 Å². The molecule has 2 nitrogen and oxygen atoms in total. The normalized spacial score (nSPS) is 44.0. The van der Waals surface area contributed by atoms with Crippen LogP contribution in [-0.4, -0.2) is 31.1 Å². The summed E-state index contributed by atoms with van der Waals surface area (Å²) >= 11 is 0. The highest BCUT2D eigenvalue weighted by molar-refractivity contribution is 4.86. The first kappa shape index (κ1) is 8.52. The van der Waals surface area contributed by atoms with Crippen molar-refractivity contribution in [3.05, 3.63) is 0 Å². The molecule has 1 aliphatic carbocycles. The predicted octanol–water partition coefficient (Wildman–Crippen LogP) is 1.07. The molecule has 2 rings (SSSR count). The summed E-state index contributed by atoms with van der Waals surface area (Å²) in [6.45, 7) is 2.60. The fourth-order valence-corrected chi connectivity index (χ4v) is 2.83.